The van der Waals surface area contributed by atoms with Crippen LogP contribution in [0.25, 0.3) is 0 Å². The lowest BCUT2D eigenvalue weighted by atomic mass is 10.1. The highest BCUT2D eigenvalue weighted by atomic mass is 32.1. The number of nitro groups is 1. The normalized spacial score (nSPS) is 13.7. The Balaban J connectivity index is 1.42. The van der Waals surface area contributed by atoms with Crippen molar-refractivity contribution in [1.29, 1.82) is 0 Å². The van der Waals surface area contributed by atoms with Crippen LogP contribution < -0.4 is 10.2 Å². The number of para-hydroxylation sites is 1. The summed E-state index contributed by atoms with van der Waals surface area (Å²) < 4.78 is 0. The molecule has 9 heteroatoms. The highest BCUT2D eigenvalue weighted by Crippen LogP contribution is 2.23. The molecule has 3 aromatic rings. The molecule has 0 spiro atoms. The summed E-state index contributed by atoms with van der Waals surface area (Å²) in [5.41, 5.74) is 1.89. The first kappa shape index (κ1) is 20.5. The Labute approximate surface area is 182 Å². The Morgan fingerprint density at radius 1 is 0.935 bits per heavy atom. The van der Waals surface area contributed by atoms with E-state index in [0.717, 1.165) is 5.69 Å². The second-order valence-corrected chi connectivity index (χ2v) is 7.98. The molecule has 1 aliphatic rings. The van der Waals surface area contributed by atoms with E-state index in [-0.39, 0.29) is 17.5 Å². The number of anilines is 2. The molecule has 31 heavy (non-hydrogen) atoms. The second-order valence-electron chi connectivity index (χ2n) is 7.03. The van der Waals surface area contributed by atoms with E-state index < -0.39 is 4.92 Å². The van der Waals surface area contributed by atoms with Gasteiger partial charge >= 0.3 is 0 Å². The molecule has 8 nitrogen and oxygen atoms in total. The number of carbonyl (C=O) groups excluding carboxylic acids is 2. The highest BCUT2D eigenvalue weighted by molar-refractivity contribution is 7.12. The summed E-state index contributed by atoms with van der Waals surface area (Å²) in [5.74, 6) is -0.372. The molecule has 1 N–H and O–H groups in total. The first-order valence-corrected chi connectivity index (χ1v) is 10.6. The summed E-state index contributed by atoms with van der Waals surface area (Å²) in [6, 6.07) is 17.0. The minimum Gasteiger partial charge on any atom is -0.368 e. The fraction of sp³-hybridized carbons (Fsp3) is 0.182. The number of nitrogens with one attached hydrogen (secondary N) is 1. The third kappa shape index (κ3) is 4.56. The van der Waals surface area contributed by atoms with E-state index >= 15 is 0 Å². The Hall–Kier alpha value is -3.72. The molecule has 0 unspecified atom stereocenters. The molecule has 2 amide bonds. The standard InChI is InChI=1S/C22H20N4O4S/c27-21(20-6-3-15-31-20)23-19-5-2-1-4-18(19)22(28)25-13-11-24(12-14-25)16-7-9-17(10-8-16)26(29)30/h1-10,15H,11-14H2,(H,23,27). The molecule has 0 aliphatic carbocycles. The molecule has 2 heterocycles. The monoisotopic (exact) mass is 436 g/mol. The van der Waals surface area contributed by atoms with E-state index in [2.05, 4.69) is 10.2 Å². The van der Waals surface area contributed by atoms with Gasteiger partial charge in [-0.15, -0.1) is 11.3 Å². The van der Waals surface area contributed by atoms with Crippen molar-refractivity contribution in [2.75, 3.05) is 36.4 Å². The minimum atomic E-state index is -0.422. The number of carbonyl (C=O) groups is 2. The lowest BCUT2D eigenvalue weighted by Crippen LogP contribution is -2.48. The van der Waals surface area contributed by atoms with Crippen molar-refractivity contribution in [3.63, 3.8) is 0 Å². The van der Waals surface area contributed by atoms with Crippen LogP contribution in [0.3, 0.4) is 0 Å². The number of piperazine rings is 1. The van der Waals surface area contributed by atoms with Gasteiger partial charge < -0.3 is 15.1 Å². The molecule has 158 valence electrons. The van der Waals surface area contributed by atoms with Gasteiger partial charge in [0.2, 0.25) is 0 Å². The minimum absolute atomic E-state index is 0.0544. The van der Waals surface area contributed by atoms with Gasteiger partial charge in [0.15, 0.2) is 0 Å². The average Bonchev–Trinajstić information content (AvgIpc) is 3.34. The van der Waals surface area contributed by atoms with Crippen molar-refractivity contribution in [2.45, 2.75) is 0 Å². The van der Waals surface area contributed by atoms with Crippen molar-refractivity contribution in [3.8, 4) is 0 Å². The number of hydrogen-bond acceptors (Lipinski definition) is 6. The zero-order valence-electron chi connectivity index (χ0n) is 16.6. The topological polar surface area (TPSA) is 95.8 Å². The smallest absolute Gasteiger partial charge is 0.269 e. The number of benzene rings is 2. The van der Waals surface area contributed by atoms with Crippen LogP contribution >= 0.6 is 11.3 Å². The number of rotatable bonds is 5. The van der Waals surface area contributed by atoms with Gasteiger partial charge in [0.25, 0.3) is 17.5 Å². The summed E-state index contributed by atoms with van der Waals surface area (Å²) >= 11 is 1.34. The van der Waals surface area contributed by atoms with E-state index in [1.165, 1.54) is 23.5 Å². The van der Waals surface area contributed by atoms with Crippen molar-refractivity contribution < 1.29 is 14.5 Å². The maximum absolute atomic E-state index is 13.1. The Morgan fingerprint density at radius 3 is 2.29 bits per heavy atom. The van der Waals surface area contributed by atoms with Crippen LogP contribution in [0.5, 0.6) is 0 Å². The number of nitrogens with zero attached hydrogens (tertiary/aromatic N) is 3. The zero-order valence-corrected chi connectivity index (χ0v) is 17.4. The molecule has 0 radical (unpaired) electrons. The van der Waals surface area contributed by atoms with Crippen LogP contribution in [-0.4, -0.2) is 47.8 Å². The Kier molecular flexibility index (Phi) is 5.94. The zero-order chi connectivity index (χ0) is 21.8. The van der Waals surface area contributed by atoms with Gasteiger partial charge in [0, 0.05) is 44.0 Å². The van der Waals surface area contributed by atoms with E-state index in [0.29, 0.717) is 42.3 Å². The van der Waals surface area contributed by atoms with Crippen LogP contribution in [0, 0.1) is 10.1 Å². The molecule has 1 fully saturated rings. The number of non-ortho nitro benzene ring substituents is 1. The maximum Gasteiger partial charge on any atom is 0.269 e. The Bertz CT molecular complexity index is 1090. The molecule has 1 aliphatic heterocycles. The molecule has 0 bridgehead atoms. The fourth-order valence-electron chi connectivity index (χ4n) is 3.49. The van der Waals surface area contributed by atoms with Crippen molar-refractivity contribution >= 4 is 40.2 Å². The third-order valence-corrected chi connectivity index (χ3v) is 6.01. The van der Waals surface area contributed by atoms with Crippen molar-refractivity contribution in [3.05, 3.63) is 86.6 Å². The first-order chi connectivity index (χ1) is 15.0. The molecule has 0 saturated carbocycles. The number of thiophene rings is 1. The van der Waals surface area contributed by atoms with Gasteiger partial charge in [-0.3, -0.25) is 19.7 Å². The molecule has 1 saturated heterocycles. The first-order valence-electron chi connectivity index (χ1n) is 9.75. The van der Waals surface area contributed by atoms with Crippen LogP contribution in [-0.2, 0) is 0 Å². The quantitative estimate of drug-likeness (QED) is 0.484. The van der Waals surface area contributed by atoms with Gasteiger partial charge in [-0.1, -0.05) is 18.2 Å². The largest absolute Gasteiger partial charge is 0.368 e. The molecule has 0 atom stereocenters. The molecular formula is C22H20N4O4S. The predicted octanol–water partition coefficient (Wildman–Crippen LogP) is 3.87. The highest BCUT2D eigenvalue weighted by Gasteiger charge is 2.25. The molecule has 1 aromatic heterocycles. The maximum atomic E-state index is 13.1. The van der Waals surface area contributed by atoms with E-state index in [9.17, 15) is 19.7 Å². The number of amides is 2. The lowest BCUT2D eigenvalue weighted by Gasteiger charge is -2.36. The lowest BCUT2D eigenvalue weighted by molar-refractivity contribution is -0.384. The van der Waals surface area contributed by atoms with Crippen LogP contribution in [0.2, 0.25) is 0 Å². The molecule has 2 aromatic carbocycles. The average molecular weight is 436 g/mol. The van der Waals surface area contributed by atoms with Gasteiger partial charge in [0.1, 0.15) is 0 Å². The predicted molar refractivity (Wildman–Crippen MR) is 120 cm³/mol. The summed E-state index contributed by atoms with van der Waals surface area (Å²) in [5, 5.41) is 15.5. The van der Waals surface area contributed by atoms with Crippen LogP contribution in [0.4, 0.5) is 17.1 Å². The van der Waals surface area contributed by atoms with E-state index in [1.54, 1.807) is 53.4 Å². The van der Waals surface area contributed by atoms with Gasteiger partial charge in [0.05, 0.1) is 21.1 Å². The number of hydrogen-bond donors (Lipinski definition) is 1. The van der Waals surface area contributed by atoms with Crippen LogP contribution in [0.15, 0.2) is 66.0 Å². The summed E-state index contributed by atoms with van der Waals surface area (Å²) in [6.07, 6.45) is 0. The van der Waals surface area contributed by atoms with Gasteiger partial charge in [-0.2, -0.15) is 0 Å². The summed E-state index contributed by atoms with van der Waals surface area (Å²) in [6.45, 7) is 2.27. The number of nitro benzene ring substituents is 1. The van der Waals surface area contributed by atoms with Gasteiger partial charge in [-0.05, 0) is 35.7 Å². The third-order valence-electron chi connectivity index (χ3n) is 5.14. The van der Waals surface area contributed by atoms with Gasteiger partial charge in [-0.25, -0.2) is 0 Å². The van der Waals surface area contributed by atoms with Crippen LogP contribution in [0.1, 0.15) is 20.0 Å². The molecule has 4 rings (SSSR count). The SMILES string of the molecule is O=C(Nc1ccccc1C(=O)N1CCN(c2ccc([N+](=O)[O-])cc2)CC1)c1cccs1. The Morgan fingerprint density at radius 2 is 1.65 bits per heavy atom. The van der Waals surface area contributed by atoms with E-state index in [4.69, 9.17) is 0 Å². The summed E-state index contributed by atoms with van der Waals surface area (Å²) in [4.78, 5) is 40.4. The fourth-order valence-corrected chi connectivity index (χ4v) is 4.11. The van der Waals surface area contributed by atoms with E-state index in [1.807, 2.05) is 5.38 Å². The van der Waals surface area contributed by atoms with Crippen molar-refractivity contribution in [1.82, 2.24) is 4.90 Å². The second kappa shape index (κ2) is 8.97. The van der Waals surface area contributed by atoms with Crippen molar-refractivity contribution in [2.24, 2.45) is 0 Å². The molecular weight excluding hydrogens is 416 g/mol. The summed E-state index contributed by atoms with van der Waals surface area (Å²) in [7, 11) is 0.